The second-order valence-corrected chi connectivity index (χ2v) is 5.58. The molecular weight excluding hydrogens is 324 g/mol. The summed E-state index contributed by atoms with van der Waals surface area (Å²) in [6.45, 7) is 0.535. The minimum Gasteiger partial charge on any atom is -0.486 e. The lowest BCUT2D eigenvalue weighted by molar-refractivity contribution is -0.385. The molecule has 0 radical (unpaired) electrons. The van der Waals surface area contributed by atoms with E-state index < -0.39 is 4.92 Å². The van der Waals surface area contributed by atoms with Crippen LogP contribution in [0.3, 0.4) is 0 Å². The number of nitrogens with zero attached hydrogens (tertiary/aromatic N) is 2. The van der Waals surface area contributed by atoms with Crippen molar-refractivity contribution in [2.45, 2.75) is 13.2 Å². The molecular formula is C18H14N2O5. The average molecular weight is 338 g/mol. The highest BCUT2D eigenvalue weighted by Crippen LogP contribution is 2.34. The van der Waals surface area contributed by atoms with Gasteiger partial charge in [-0.05, 0) is 12.1 Å². The molecule has 0 bridgehead atoms. The zero-order chi connectivity index (χ0) is 17.2. The van der Waals surface area contributed by atoms with E-state index in [0.717, 1.165) is 10.9 Å². The molecule has 4 rings (SSSR count). The number of pyridine rings is 1. The molecule has 0 saturated carbocycles. The summed E-state index contributed by atoms with van der Waals surface area (Å²) in [5, 5.41) is 12.1. The third-order valence-corrected chi connectivity index (χ3v) is 3.96. The second kappa shape index (κ2) is 6.37. The highest BCUT2D eigenvalue weighted by molar-refractivity contribution is 5.84. The van der Waals surface area contributed by atoms with E-state index in [0.29, 0.717) is 22.6 Å². The fourth-order valence-electron chi connectivity index (χ4n) is 2.84. The van der Waals surface area contributed by atoms with E-state index in [1.54, 1.807) is 6.20 Å². The number of non-ortho nitro benzene ring substituents is 1. The van der Waals surface area contributed by atoms with Gasteiger partial charge in [0, 0.05) is 34.8 Å². The van der Waals surface area contributed by atoms with Crippen molar-refractivity contribution in [1.82, 2.24) is 4.98 Å². The lowest BCUT2D eigenvalue weighted by atomic mass is 10.1. The number of fused-ring (bicyclic) bond motifs is 2. The standard InChI is InChI=1S/C18H14N2O5/c21-20(22)15-7-13-9-23-11-25-18(13)14(8-15)10-24-16-5-1-3-12-4-2-6-19-17(12)16/h1-8H,9-11H2. The van der Waals surface area contributed by atoms with Gasteiger partial charge in [-0.1, -0.05) is 18.2 Å². The van der Waals surface area contributed by atoms with Crippen LogP contribution >= 0.6 is 0 Å². The molecule has 0 fully saturated rings. The van der Waals surface area contributed by atoms with Crippen LogP contribution in [0.4, 0.5) is 5.69 Å². The van der Waals surface area contributed by atoms with E-state index in [-0.39, 0.29) is 25.7 Å². The maximum absolute atomic E-state index is 11.2. The van der Waals surface area contributed by atoms with Crippen LogP contribution in [0.2, 0.25) is 0 Å². The predicted octanol–water partition coefficient (Wildman–Crippen LogP) is 3.59. The predicted molar refractivity (Wildman–Crippen MR) is 89.5 cm³/mol. The van der Waals surface area contributed by atoms with E-state index >= 15 is 0 Å². The second-order valence-electron chi connectivity index (χ2n) is 5.58. The van der Waals surface area contributed by atoms with E-state index in [9.17, 15) is 10.1 Å². The van der Waals surface area contributed by atoms with Gasteiger partial charge >= 0.3 is 0 Å². The van der Waals surface area contributed by atoms with Crippen molar-refractivity contribution in [2.24, 2.45) is 0 Å². The van der Waals surface area contributed by atoms with Gasteiger partial charge in [0.05, 0.1) is 11.5 Å². The van der Waals surface area contributed by atoms with Gasteiger partial charge in [-0.2, -0.15) is 0 Å². The van der Waals surface area contributed by atoms with Gasteiger partial charge in [0.15, 0.2) is 6.79 Å². The van der Waals surface area contributed by atoms with Crippen LogP contribution in [0, 0.1) is 10.1 Å². The molecule has 3 aromatic rings. The van der Waals surface area contributed by atoms with Crippen LogP contribution in [0.15, 0.2) is 48.7 Å². The first-order valence-corrected chi connectivity index (χ1v) is 7.69. The number of rotatable bonds is 4. The fourth-order valence-corrected chi connectivity index (χ4v) is 2.84. The van der Waals surface area contributed by atoms with Crippen LogP contribution in [0.1, 0.15) is 11.1 Å². The summed E-state index contributed by atoms with van der Waals surface area (Å²) in [6, 6.07) is 12.4. The molecule has 2 aromatic carbocycles. The van der Waals surface area contributed by atoms with Gasteiger partial charge in [0.25, 0.3) is 5.69 Å². The van der Waals surface area contributed by atoms with Crippen LogP contribution in [-0.4, -0.2) is 16.7 Å². The third-order valence-electron chi connectivity index (χ3n) is 3.96. The Morgan fingerprint density at radius 1 is 1.24 bits per heavy atom. The summed E-state index contributed by atoms with van der Waals surface area (Å²) in [4.78, 5) is 15.1. The molecule has 7 nitrogen and oxygen atoms in total. The van der Waals surface area contributed by atoms with Crippen molar-refractivity contribution in [2.75, 3.05) is 6.79 Å². The number of hydrogen-bond donors (Lipinski definition) is 0. The van der Waals surface area contributed by atoms with Gasteiger partial charge in [-0.15, -0.1) is 0 Å². The van der Waals surface area contributed by atoms with Gasteiger partial charge in [0.2, 0.25) is 0 Å². The average Bonchev–Trinajstić information content (AvgIpc) is 2.65. The van der Waals surface area contributed by atoms with E-state index in [1.165, 1.54) is 12.1 Å². The molecule has 0 N–H and O–H groups in total. The number of benzene rings is 2. The molecule has 1 aromatic heterocycles. The smallest absolute Gasteiger partial charge is 0.270 e. The molecule has 2 heterocycles. The van der Waals surface area contributed by atoms with Gasteiger partial charge in [0.1, 0.15) is 23.6 Å². The molecule has 0 aliphatic carbocycles. The lowest BCUT2D eigenvalue weighted by Gasteiger charge is -2.20. The highest BCUT2D eigenvalue weighted by Gasteiger charge is 2.21. The minimum atomic E-state index is -0.433. The zero-order valence-corrected chi connectivity index (χ0v) is 13.2. The van der Waals surface area contributed by atoms with Crippen LogP contribution in [0.25, 0.3) is 10.9 Å². The summed E-state index contributed by atoms with van der Waals surface area (Å²) in [6.07, 6.45) is 1.70. The van der Waals surface area contributed by atoms with Crippen molar-refractivity contribution >= 4 is 16.6 Å². The SMILES string of the molecule is O=[N+]([O-])c1cc2c(c(COc3cccc4cccnc34)c1)OCOC2. The molecule has 0 atom stereocenters. The first-order chi connectivity index (χ1) is 12.2. The van der Waals surface area contributed by atoms with Crippen molar-refractivity contribution in [3.63, 3.8) is 0 Å². The first-order valence-electron chi connectivity index (χ1n) is 7.69. The van der Waals surface area contributed by atoms with Crippen LogP contribution in [0.5, 0.6) is 11.5 Å². The lowest BCUT2D eigenvalue weighted by Crippen LogP contribution is -2.14. The Bertz CT molecular complexity index is 952. The maximum atomic E-state index is 11.2. The molecule has 0 amide bonds. The number of nitro groups is 1. The van der Waals surface area contributed by atoms with Crippen molar-refractivity contribution < 1.29 is 19.1 Å². The minimum absolute atomic E-state index is 0.0116. The Morgan fingerprint density at radius 2 is 2.12 bits per heavy atom. The number of nitro benzene ring substituents is 1. The fraction of sp³-hybridized carbons (Fsp3) is 0.167. The number of hydrogen-bond acceptors (Lipinski definition) is 6. The Kier molecular flexibility index (Phi) is 3.91. The van der Waals surface area contributed by atoms with E-state index in [1.807, 2.05) is 30.3 Å². The summed E-state index contributed by atoms with van der Waals surface area (Å²) >= 11 is 0. The van der Waals surface area contributed by atoms with E-state index in [2.05, 4.69) is 4.98 Å². The van der Waals surface area contributed by atoms with Crippen molar-refractivity contribution in [1.29, 1.82) is 0 Å². The molecule has 0 unspecified atom stereocenters. The van der Waals surface area contributed by atoms with Gasteiger partial charge in [-0.25, -0.2) is 0 Å². The molecule has 1 aliphatic heterocycles. The molecule has 126 valence electrons. The number of ether oxygens (including phenoxy) is 3. The van der Waals surface area contributed by atoms with E-state index in [4.69, 9.17) is 14.2 Å². The molecule has 25 heavy (non-hydrogen) atoms. The van der Waals surface area contributed by atoms with Gasteiger partial charge in [-0.3, -0.25) is 15.1 Å². The van der Waals surface area contributed by atoms with Crippen LogP contribution in [-0.2, 0) is 18.0 Å². The Hall–Kier alpha value is -3.19. The Labute approximate surface area is 142 Å². The molecule has 0 spiro atoms. The topological polar surface area (TPSA) is 83.7 Å². The largest absolute Gasteiger partial charge is 0.486 e. The Balaban J connectivity index is 1.68. The van der Waals surface area contributed by atoms with Gasteiger partial charge < -0.3 is 14.2 Å². The normalized spacial score (nSPS) is 13.1. The molecule has 0 saturated heterocycles. The summed E-state index contributed by atoms with van der Waals surface area (Å²) in [5.41, 5.74) is 1.99. The quantitative estimate of drug-likeness (QED) is 0.534. The number of para-hydroxylation sites is 1. The Morgan fingerprint density at radius 3 is 3.00 bits per heavy atom. The monoisotopic (exact) mass is 338 g/mol. The summed E-state index contributed by atoms with van der Waals surface area (Å²) in [7, 11) is 0. The van der Waals surface area contributed by atoms with Crippen LogP contribution < -0.4 is 9.47 Å². The van der Waals surface area contributed by atoms with Crippen molar-refractivity contribution in [3.05, 3.63) is 69.9 Å². The number of aromatic nitrogens is 1. The zero-order valence-electron chi connectivity index (χ0n) is 13.2. The summed E-state index contributed by atoms with van der Waals surface area (Å²) < 4.78 is 16.6. The molecule has 7 heteroatoms. The summed E-state index contributed by atoms with van der Waals surface area (Å²) in [5.74, 6) is 1.20. The molecule has 1 aliphatic rings. The maximum Gasteiger partial charge on any atom is 0.270 e. The first kappa shape index (κ1) is 15.3. The van der Waals surface area contributed by atoms with Crippen molar-refractivity contribution in [3.8, 4) is 11.5 Å². The highest BCUT2D eigenvalue weighted by atomic mass is 16.7. The third kappa shape index (κ3) is 2.97.